The summed E-state index contributed by atoms with van der Waals surface area (Å²) >= 11 is 6.01. The van der Waals surface area contributed by atoms with E-state index in [1.165, 1.54) is 18.7 Å². The van der Waals surface area contributed by atoms with Crippen LogP contribution in [0.3, 0.4) is 0 Å². The van der Waals surface area contributed by atoms with E-state index in [0.717, 1.165) is 30.5 Å². The molecule has 0 aliphatic heterocycles. The number of alkyl halides is 3. The predicted molar refractivity (Wildman–Crippen MR) is 108 cm³/mol. The summed E-state index contributed by atoms with van der Waals surface area (Å²) in [5.74, 6) is 0.862. The van der Waals surface area contributed by atoms with Gasteiger partial charge in [0.05, 0.1) is 21.8 Å². The Hall–Kier alpha value is -2.28. The number of amides is 1. The number of aromatic nitrogens is 1. The first-order valence-electron chi connectivity index (χ1n) is 9.57. The van der Waals surface area contributed by atoms with Crippen molar-refractivity contribution in [2.75, 3.05) is 11.9 Å². The number of hydrogen-bond donors (Lipinski definition) is 2. The number of anilines is 2. The van der Waals surface area contributed by atoms with Crippen LogP contribution in [-0.4, -0.2) is 17.4 Å². The summed E-state index contributed by atoms with van der Waals surface area (Å²) in [6, 6.07) is 4.83. The number of carbonyl (C=O) groups excluding carboxylic acids is 1. The molecule has 1 heterocycles. The number of nitrogens with one attached hydrogen (secondary N) is 2. The van der Waals surface area contributed by atoms with Crippen LogP contribution in [0.2, 0.25) is 5.02 Å². The zero-order valence-corrected chi connectivity index (χ0v) is 17.0. The van der Waals surface area contributed by atoms with E-state index in [2.05, 4.69) is 15.6 Å². The number of rotatable bonds is 6. The maximum atomic E-state index is 12.8. The number of carbonyl (C=O) groups is 1. The Labute approximate surface area is 172 Å². The van der Waals surface area contributed by atoms with Crippen LogP contribution in [0.1, 0.15) is 60.5 Å². The third-order valence-corrected chi connectivity index (χ3v) is 5.45. The van der Waals surface area contributed by atoms with Gasteiger partial charge in [-0.2, -0.15) is 13.2 Å². The van der Waals surface area contributed by atoms with Crippen molar-refractivity contribution in [1.82, 2.24) is 10.3 Å². The minimum absolute atomic E-state index is 0.0601. The normalized spacial score (nSPS) is 14.6. The van der Waals surface area contributed by atoms with E-state index in [9.17, 15) is 18.0 Å². The molecule has 0 saturated heterocycles. The molecule has 0 spiro atoms. The van der Waals surface area contributed by atoms with Crippen LogP contribution >= 0.6 is 11.6 Å². The molecule has 1 amide bonds. The fraction of sp³-hybridized carbons (Fsp3) is 0.429. The zero-order valence-electron chi connectivity index (χ0n) is 16.2. The summed E-state index contributed by atoms with van der Waals surface area (Å²) in [6.45, 7) is 4.59. The van der Waals surface area contributed by atoms with Gasteiger partial charge in [-0.3, -0.25) is 4.79 Å². The molecule has 3 rings (SSSR count). The van der Waals surface area contributed by atoms with Gasteiger partial charge in [0.25, 0.3) is 5.91 Å². The Morgan fingerprint density at radius 2 is 2.00 bits per heavy atom. The first-order valence-corrected chi connectivity index (χ1v) is 9.95. The molecule has 2 N–H and O–H groups in total. The van der Waals surface area contributed by atoms with Crippen LogP contribution in [0.4, 0.5) is 24.7 Å². The van der Waals surface area contributed by atoms with Crippen molar-refractivity contribution in [2.45, 2.75) is 45.2 Å². The van der Waals surface area contributed by atoms with Gasteiger partial charge in [0.2, 0.25) is 0 Å². The third kappa shape index (κ3) is 5.21. The molecule has 2 aromatic rings. The largest absolute Gasteiger partial charge is 0.416 e. The van der Waals surface area contributed by atoms with Gasteiger partial charge in [-0.15, -0.1) is 0 Å². The van der Waals surface area contributed by atoms with Crippen molar-refractivity contribution in [3.8, 4) is 0 Å². The Balaban J connectivity index is 1.78. The lowest BCUT2D eigenvalue weighted by atomic mass is 9.85. The molecule has 4 nitrogen and oxygen atoms in total. The molecule has 1 aromatic carbocycles. The highest BCUT2D eigenvalue weighted by Gasteiger charge is 2.31. The van der Waals surface area contributed by atoms with E-state index in [1.54, 1.807) is 6.07 Å². The topological polar surface area (TPSA) is 54.0 Å². The Morgan fingerprint density at radius 3 is 2.55 bits per heavy atom. The summed E-state index contributed by atoms with van der Waals surface area (Å²) in [5.41, 5.74) is 0.798. The molecule has 1 saturated carbocycles. The minimum atomic E-state index is -4.46. The van der Waals surface area contributed by atoms with E-state index in [4.69, 9.17) is 11.6 Å². The second-order valence-corrected chi connectivity index (χ2v) is 8.04. The molecule has 1 aliphatic rings. The van der Waals surface area contributed by atoms with Crippen LogP contribution in [0.15, 0.2) is 30.5 Å². The summed E-state index contributed by atoms with van der Waals surface area (Å²) < 4.78 is 38.4. The molecule has 8 heteroatoms. The molecule has 156 valence electrons. The summed E-state index contributed by atoms with van der Waals surface area (Å²) in [7, 11) is 0. The van der Waals surface area contributed by atoms with Crippen molar-refractivity contribution in [2.24, 2.45) is 5.92 Å². The van der Waals surface area contributed by atoms with Crippen LogP contribution in [0.25, 0.3) is 0 Å². The molecule has 1 aromatic heterocycles. The van der Waals surface area contributed by atoms with Crippen molar-refractivity contribution in [3.63, 3.8) is 0 Å². The average molecular weight is 426 g/mol. The Kier molecular flexibility index (Phi) is 6.36. The van der Waals surface area contributed by atoms with Gasteiger partial charge in [-0.1, -0.05) is 31.9 Å². The number of benzene rings is 1. The van der Waals surface area contributed by atoms with Crippen molar-refractivity contribution < 1.29 is 18.0 Å². The summed E-state index contributed by atoms with van der Waals surface area (Å²) in [6.07, 6.45) is 0.538. The van der Waals surface area contributed by atoms with E-state index >= 15 is 0 Å². The van der Waals surface area contributed by atoms with E-state index < -0.39 is 11.7 Å². The lowest BCUT2D eigenvalue weighted by Crippen LogP contribution is -2.32. The lowest BCUT2D eigenvalue weighted by molar-refractivity contribution is -0.137. The molecular formula is C21H23ClF3N3O. The molecule has 0 unspecified atom stereocenters. The fourth-order valence-electron chi connectivity index (χ4n) is 3.17. The van der Waals surface area contributed by atoms with Gasteiger partial charge in [0.15, 0.2) is 0 Å². The first-order chi connectivity index (χ1) is 13.6. The Bertz CT molecular complexity index is 895. The lowest BCUT2D eigenvalue weighted by Gasteiger charge is -2.25. The Morgan fingerprint density at radius 1 is 1.28 bits per heavy atom. The summed E-state index contributed by atoms with van der Waals surface area (Å²) in [4.78, 5) is 16.8. The van der Waals surface area contributed by atoms with Gasteiger partial charge < -0.3 is 10.6 Å². The van der Waals surface area contributed by atoms with E-state index in [0.29, 0.717) is 29.5 Å². The predicted octanol–water partition coefficient (Wildman–Crippen LogP) is 6.15. The minimum Gasteiger partial charge on any atom is -0.352 e. The highest BCUT2D eigenvalue weighted by Crippen LogP contribution is 2.35. The number of halogens is 4. The average Bonchev–Trinajstić information content (AvgIpc) is 2.61. The van der Waals surface area contributed by atoms with Gasteiger partial charge >= 0.3 is 6.18 Å². The standard InChI is InChI=1S/C21H23ClF3N3O/c1-12(2)15-9-19(26-11-16(15)20(29)27-10-13-4-3-5-13)28-18-7-6-14(8-17(18)22)21(23,24)25/h6-9,11-13H,3-5,10H2,1-2H3,(H,26,28)(H,27,29). The first kappa shape index (κ1) is 21.4. The molecule has 29 heavy (non-hydrogen) atoms. The number of nitrogens with zero attached hydrogens (tertiary/aromatic N) is 1. The zero-order chi connectivity index (χ0) is 21.2. The second kappa shape index (κ2) is 8.61. The molecular weight excluding hydrogens is 403 g/mol. The molecule has 1 fully saturated rings. The third-order valence-electron chi connectivity index (χ3n) is 5.14. The van der Waals surface area contributed by atoms with E-state index in [1.807, 2.05) is 13.8 Å². The fourth-order valence-corrected chi connectivity index (χ4v) is 3.39. The maximum Gasteiger partial charge on any atom is 0.416 e. The van der Waals surface area contributed by atoms with Gasteiger partial charge in [0.1, 0.15) is 5.82 Å². The van der Waals surface area contributed by atoms with Crippen LogP contribution in [-0.2, 0) is 6.18 Å². The van der Waals surface area contributed by atoms with Crippen LogP contribution in [0, 0.1) is 5.92 Å². The number of hydrogen-bond acceptors (Lipinski definition) is 3. The SMILES string of the molecule is CC(C)c1cc(Nc2ccc(C(F)(F)F)cc2Cl)ncc1C(=O)NCC1CCC1. The van der Waals surface area contributed by atoms with Crippen LogP contribution < -0.4 is 10.6 Å². The highest BCUT2D eigenvalue weighted by molar-refractivity contribution is 6.33. The van der Waals surface area contributed by atoms with E-state index in [-0.39, 0.29) is 16.8 Å². The smallest absolute Gasteiger partial charge is 0.352 e. The molecule has 0 radical (unpaired) electrons. The molecule has 0 bridgehead atoms. The van der Waals surface area contributed by atoms with Gasteiger partial charge in [-0.25, -0.2) is 4.98 Å². The molecule has 1 aliphatic carbocycles. The van der Waals surface area contributed by atoms with Crippen molar-refractivity contribution in [3.05, 3.63) is 52.2 Å². The van der Waals surface area contributed by atoms with Crippen molar-refractivity contribution >= 4 is 29.0 Å². The van der Waals surface area contributed by atoms with Crippen LogP contribution in [0.5, 0.6) is 0 Å². The van der Waals surface area contributed by atoms with Gasteiger partial charge in [0, 0.05) is 12.7 Å². The van der Waals surface area contributed by atoms with Crippen molar-refractivity contribution in [1.29, 1.82) is 0 Å². The van der Waals surface area contributed by atoms with Gasteiger partial charge in [-0.05, 0) is 54.5 Å². The maximum absolute atomic E-state index is 12.8. The summed E-state index contributed by atoms with van der Waals surface area (Å²) in [5, 5.41) is 5.85. The quantitative estimate of drug-likeness (QED) is 0.583. The number of pyridine rings is 1. The monoisotopic (exact) mass is 425 g/mol. The second-order valence-electron chi connectivity index (χ2n) is 7.64. The highest BCUT2D eigenvalue weighted by atomic mass is 35.5. The molecule has 0 atom stereocenters.